The van der Waals surface area contributed by atoms with Crippen molar-refractivity contribution in [1.29, 1.82) is 0 Å². The van der Waals surface area contributed by atoms with Crippen LogP contribution in [0.4, 0.5) is 0 Å². The molecule has 0 radical (unpaired) electrons. The molecule has 1 aliphatic carbocycles. The summed E-state index contributed by atoms with van der Waals surface area (Å²) >= 11 is 0. The lowest BCUT2D eigenvalue weighted by molar-refractivity contribution is -0.147. The predicted molar refractivity (Wildman–Crippen MR) is 39.9 cm³/mol. The first-order valence-electron chi connectivity index (χ1n) is 3.98. The van der Waals surface area contributed by atoms with E-state index in [4.69, 9.17) is 5.11 Å². The summed E-state index contributed by atoms with van der Waals surface area (Å²) in [5.41, 5.74) is 0. The zero-order chi connectivity index (χ0) is 8.27. The van der Waals surface area contributed by atoms with E-state index in [-0.39, 0.29) is 24.4 Å². The number of hydrogen-bond donors (Lipinski definition) is 1. The number of rotatable bonds is 2. The minimum atomic E-state index is -0.165. The van der Waals surface area contributed by atoms with Crippen molar-refractivity contribution >= 4 is 5.97 Å². The van der Waals surface area contributed by atoms with Gasteiger partial charge in [0.1, 0.15) is 0 Å². The smallest absolute Gasteiger partial charge is 0.309 e. The first kappa shape index (κ1) is 8.53. The Morgan fingerprint density at radius 2 is 2.36 bits per heavy atom. The minimum absolute atomic E-state index is 0.0509. The van der Waals surface area contributed by atoms with Crippen molar-refractivity contribution in [3.63, 3.8) is 0 Å². The van der Waals surface area contributed by atoms with Gasteiger partial charge in [0, 0.05) is 6.61 Å². The van der Waals surface area contributed by atoms with Crippen LogP contribution in [0.5, 0.6) is 0 Å². The van der Waals surface area contributed by atoms with Gasteiger partial charge in [-0.2, -0.15) is 0 Å². The van der Waals surface area contributed by atoms with Crippen LogP contribution in [0.25, 0.3) is 0 Å². The number of carbonyl (C=O) groups is 1. The van der Waals surface area contributed by atoms with Crippen LogP contribution in [0.3, 0.4) is 0 Å². The first-order chi connectivity index (χ1) is 5.29. The Kier molecular flexibility index (Phi) is 2.88. The summed E-state index contributed by atoms with van der Waals surface area (Å²) in [6.45, 7) is 0.111. The normalized spacial score (nSPS) is 30.4. The molecule has 1 unspecified atom stereocenters. The molecule has 0 bridgehead atoms. The van der Waals surface area contributed by atoms with Gasteiger partial charge in [-0.15, -0.1) is 0 Å². The number of ether oxygens (including phenoxy) is 1. The van der Waals surface area contributed by atoms with Gasteiger partial charge >= 0.3 is 5.97 Å². The van der Waals surface area contributed by atoms with Crippen molar-refractivity contribution in [2.24, 2.45) is 11.8 Å². The first-order valence-corrected chi connectivity index (χ1v) is 3.98. The van der Waals surface area contributed by atoms with E-state index in [9.17, 15) is 4.79 Å². The molecule has 3 heteroatoms. The minimum Gasteiger partial charge on any atom is -0.469 e. The van der Waals surface area contributed by atoms with Gasteiger partial charge in [0.2, 0.25) is 0 Å². The molecule has 64 valence electrons. The molecule has 0 aromatic rings. The van der Waals surface area contributed by atoms with Crippen molar-refractivity contribution in [3.8, 4) is 0 Å². The number of aliphatic hydroxyl groups is 1. The second-order valence-electron chi connectivity index (χ2n) is 3.00. The molecule has 1 rings (SSSR count). The van der Waals surface area contributed by atoms with Crippen LogP contribution < -0.4 is 0 Å². The highest BCUT2D eigenvalue weighted by atomic mass is 16.5. The quantitative estimate of drug-likeness (QED) is 0.597. The molecule has 0 spiro atoms. The van der Waals surface area contributed by atoms with Gasteiger partial charge in [0.05, 0.1) is 13.0 Å². The fourth-order valence-electron chi connectivity index (χ4n) is 1.72. The maximum Gasteiger partial charge on any atom is 0.309 e. The highest BCUT2D eigenvalue weighted by Crippen LogP contribution is 2.31. The van der Waals surface area contributed by atoms with Crippen LogP contribution in [0.1, 0.15) is 19.3 Å². The molecule has 0 amide bonds. The van der Waals surface area contributed by atoms with E-state index in [0.717, 1.165) is 19.3 Å². The topological polar surface area (TPSA) is 46.5 Å². The molecule has 3 nitrogen and oxygen atoms in total. The summed E-state index contributed by atoms with van der Waals surface area (Å²) in [4.78, 5) is 11.1. The van der Waals surface area contributed by atoms with Crippen LogP contribution in [-0.4, -0.2) is 24.8 Å². The third-order valence-corrected chi connectivity index (χ3v) is 2.40. The average molecular weight is 158 g/mol. The number of carbonyl (C=O) groups excluding carboxylic acids is 1. The third-order valence-electron chi connectivity index (χ3n) is 2.40. The van der Waals surface area contributed by atoms with Crippen LogP contribution >= 0.6 is 0 Å². The van der Waals surface area contributed by atoms with E-state index in [1.807, 2.05) is 0 Å². The molecule has 2 atom stereocenters. The SMILES string of the molecule is COC(=O)C1CCC[C@H]1CO. The summed E-state index contributed by atoms with van der Waals surface area (Å²) in [5, 5.41) is 8.87. The predicted octanol–water partition coefficient (Wildman–Crippen LogP) is 0.568. The fourth-order valence-corrected chi connectivity index (χ4v) is 1.72. The number of methoxy groups -OCH3 is 1. The molecule has 1 saturated carbocycles. The lowest BCUT2D eigenvalue weighted by Gasteiger charge is -2.13. The lowest BCUT2D eigenvalue weighted by Crippen LogP contribution is -2.22. The van der Waals surface area contributed by atoms with Gasteiger partial charge in [0.15, 0.2) is 0 Å². The Balaban J connectivity index is 2.49. The van der Waals surface area contributed by atoms with E-state index in [0.29, 0.717) is 0 Å². The van der Waals surface area contributed by atoms with E-state index in [2.05, 4.69) is 4.74 Å². The molecule has 11 heavy (non-hydrogen) atoms. The molecule has 1 N–H and O–H groups in total. The number of aliphatic hydroxyl groups excluding tert-OH is 1. The van der Waals surface area contributed by atoms with Gasteiger partial charge in [-0.1, -0.05) is 6.42 Å². The van der Waals surface area contributed by atoms with Crippen LogP contribution in [0.15, 0.2) is 0 Å². The highest BCUT2D eigenvalue weighted by molar-refractivity contribution is 5.72. The Labute approximate surface area is 66.4 Å². The summed E-state index contributed by atoms with van der Waals surface area (Å²) in [6, 6.07) is 0. The standard InChI is InChI=1S/C8H14O3/c1-11-8(10)7-4-2-3-6(7)5-9/h6-7,9H,2-5H2,1H3/t6-,7?/m0/s1. The van der Waals surface area contributed by atoms with E-state index < -0.39 is 0 Å². The molecular formula is C8H14O3. The van der Waals surface area contributed by atoms with Crippen molar-refractivity contribution in [3.05, 3.63) is 0 Å². The third kappa shape index (κ3) is 1.71. The molecule has 1 aliphatic rings. The number of esters is 1. The van der Waals surface area contributed by atoms with Crippen LogP contribution in [0.2, 0.25) is 0 Å². The van der Waals surface area contributed by atoms with Gasteiger partial charge < -0.3 is 9.84 Å². The maximum absolute atomic E-state index is 11.1. The fraction of sp³-hybridized carbons (Fsp3) is 0.875. The zero-order valence-electron chi connectivity index (χ0n) is 6.75. The maximum atomic E-state index is 11.1. The van der Waals surface area contributed by atoms with Gasteiger partial charge in [-0.3, -0.25) is 4.79 Å². The summed E-state index contributed by atoms with van der Waals surface area (Å²) in [5.74, 6) is -0.0750. The van der Waals surface area contributed by atoms with Crippen molar-refractivity contribution in [2.45, 2.75) is 19.3 Å². The van der Waals surface area contributed by atoms with E-state index >= 15 is 0 Å². The van der Waals surface area contributed by atoms with Crippen LogP contribution in [0, 0.1) is 11.8 Å². The van der Waals surface area contributed by atoms with E-state index in [1.54, 1.807) is 0 Å². The second-order valence-corrected chi connectivity index (χ2v) is 3.00. The van der Waals surface area contributed by atoms with Crippen molar-refractivity contribution in [1.82, 2.24) is 0 Å². The zero-order valence-corrected chi connectivity index (χ0v) is 6.75. The molecule has 0 saturated heterocycles. The molecule has 0 aromatic heterocycles. The largest absolute Gasteiger partial charge is 0.469 e. The highest BCUT2D eigenvalue weighted by Gasteiger charge is 2.32. The molecule has 0 heterocycles. The van der Waals surface area contributed by atoms with Gasteiger partial charge in [-0.05, 0) is 18.8 Å². The Morgan fingerprint density at radius 3 is 2.91 bits per heavy atom. The second kappa shape index (κ2) is 3.72. The monoisotopic (exact) mass is 158 g/mol. The Morgan fingerprint density at radius 1 is 1.64 bits per heavy atom. The molecular weight excluding hydrogens is 144 g/mol. The lowest BCUT2D eigenvalue weighted by atomic mass is 9.97. The molecule has 1 fully saturated rings. The summed E-state index contributed by atoms with van der Waals surface area (Å²) in [7, 11) is 1.40. The van der Waals surface area contributed by atoms with Crippen molar-refractivity contribution < 1.29 is 14.6 Å². The van der Waals surface area contributed by atoms with Gasteiger partial charge in [-0.25, -0.2) is 0 Å². The summed E-state index contributed by atoms with van der Waals surface area (Å²) < 4.78 is 4.62. The van der Waals surface area contributed by atoms with Crippen LogP contribution in [-0.2, 0) is 9.53 Å². The average Bonchev–Trinajstić information content (AvgIpc) is 2.50. The van der Waals surface area contributed by atoms with Crippen molar-refractivity contribution in [2.75, 3.05) is 13.7 Å². The van der Waals surface area contributed by atoms with E-state index in [1.165, 1.54) is 7.11 Å². The molecule has 0 aliphatic heterocycles. The Hall–Kier alpha value is -0.570. The van der Waals surface area contributed by atoms with Gasteiger partial charge in [0.25, 0.3) is 0 Å². The summed E-state index contributed by atoms with van der Waals surface area (Å²) in [6.07, 6.45) is 2.86. The Bertz CT molecular complexity index is 144. The molecule has 0 aromatic carbocycles. The number of hydrogen-bond acceptors (Lipinski definition) is 3.